The van der Waals surface area contributed by atoms with E-state index in [1.54, 1.807) is 0 Å². The highest BCUT2D eigenvalue weighted by atomic mass is 16.7. The van der Waals surface area contributed by atoms with Gasteiger partial charge >= 0.3 is 0 Å². The van der Waals surface area contributed by atoms with E-state index < -0.39 is 0 Å². The molecule has 2 aromatic rings. The van der Waals surface area contributed by atoms with Crippen molar-refractivity contribution in [2.24, 2.45) is 5.92 Å². The van der Waals surface area contributed by atoms with E-state index in [1.807, 2.05) is 12.1 Å². The number of ether oxygens (including phenoxy) is 6. The summed E-state index contributed by atoms with van der Waals surface area (Å²) in [5.41, 5.74) is 2.30. The Morgan fingerprint density at radius 3 is 2.28 bits per heavy atom. The van der Waals surface area contributed by atoms with Gasteiger partial charge < -0.3 is 28.4 Å². The van der Waals surface area contributed by atoms with Crippen molar-refractivity contribution in [1.29, 1.82) is 0 Å². The Kier molecular flexibility index (Phi) is 3.99. The van der Waals surface area contributed by atoms with Crippen LogP contribution < -0.4 is 23.7 Å². The molecule has 4 heterocycles. The highest BCUT2D eigenvalue weighted by molar-refractivity contribution is 5.57. The van der Waals surface area contributed by atoms with Crippen LogP contribution in [-0.4, -0.2) is 51.0 Å². The van der Waals surface area contributed by atoms with Gasteiger partial charge in [-0.15, -0.1) is 0 Å². The zero-order chi connectivity index (χ0) is 19.4. The molecule has 0 radical (unpaired) electrons. The van der Waals surface area contributed by atoms with Crippen LogP contribution in [0.5, 0.6) is 28.7 Å². The Hall–Kier alpha value is -2.64. The SMILES string of the molecule is C[C@@H]1[C@H](c2ccc3c(c2)OCO3)c2cc3c(cc2O[C@@H]1N1CCOCC1)OCO3. The van der Waals surface area contributed by atoms with E-state index in [0.29, 0.717) is 0 Å². The lowest BCUT2D eigenvalue weighted by atomic mass is 9.78. The number of nitrogens with zero attached hydrogens (tertiary/aromatic N) is 1. The molecule has 0 unspecified atom stereocenters. The molecule has 29 heavy (non-hydrogen) atoms. The van der Waals surface area contributed by atoms with Gasteiger partial charge in [0.05, 0.1) is 13.2 Å². The van der Waals surface area contributed by atoms with Crippen molar-refractivity contribution in [3.8, 4) is 28.7 Å². The second-order valence-corrected chi connectivity index (χ2v) is 7.85. The molecule has 2 aromatic carbocycles. The Morgan fingerprint density at radius 2 is 1.48 bits per heavy atom. The Bertz CT molecular complexity index is 941. The molecule has 1 saturated heterocycles. The zero-order valence-electron chi connectivity index (χ0n) is 16.3. The summed E-state index contributed by atoms with van der Waals surface area (Å²) in [5, 5.41) is 0. The highest BCUT2D eigenvalue weighted by Gasteiger charge is 2.41. The standard InChI is InChI=1S/C22H23NO6/c1-13-21(14-2-3-16-18(8-14)26-11-25-16)15-9-19-20(28-12-27-19)10-17(15)29-22(13)23-4-6-24-7-5-23/h2-3,8-10,13,21-22H,4-7,11-12H2,1H3/t13-,21-,22+/m1/s1. The molecule has 0 aromatic heterocycles. The van der Waals surface area contributed by atoms with Gasteiger partial charge in [-0.2, -0.15) is 0 Å². The molecule has 6 rings (SSSR count). The highest BCUT2D eigenvalue weighted by Crippen LogP contribution is 2.50. The lowest BCUT2D eigenvalue weighted by Crippen LogP contribution is -2.52. The van der Waals surface area contributed by atoms with Gasteiger partial charge in [0.1, 0.15) is 5.75 Å². The minimum absolute atomic E-state index is 0.0396. The van der Waals surface area contributed by atoms with Crippen molar-refractivity contribution < 1.29 is 28.4 Å². The molecule has 0 amide bonds. The molecule has 4 aliphatic rings. The first-order valence-corrected chi connectivity index (χ1v) is 10.1. The van der Waals surface area contributed by atoms with Crippen LogP contribution >= 0.6 is 0 Å². The van der Waals surface area contributed by atoms with Crippen LogP contribution in [-0.2, 0) is 4.74 Å². The van der Waals surface area contributed by atoms with E-state index in [-0.39, 0.29) is 31.6 Å². The molecule has 7 nitrogen and oxygen atoms in total. The number of hydrogen-bond acceptors (Lipinski definition) is 7. The smallest absolute Gasteiger partial charge is 0.231 e. The van der Waals surface area contributed by atoms with Crippen molar-refractivity contribution in [1.82, 2.24) is 4.90 Å². The molecule has 0 bridgehead atoms. The summed E-state index contributed by atoms with van der Waals surface area (Å²) in [4.78, 5) is 2.38. The fourth-order valence-corrected chi connectivity index (χ4v) is 4.80. The van der Waals surface area contributed by atoms with Gasteiger partial charge in [0, 0.05) is 36.6 Å². The third kappa shape index (κ3) is 2.80. The van der Waals surface area contributed by atoms with Gasteiger partial charge in [-0.1, -0.05) is 13.0 Å². The molecule has 3 atom stereocenters. The number of fused-ring (bicyclic) bond motifs is 3. The van der Waals surface area contributed by atoms with E-state index in [9.17, 15) is 0 Å². The van der Waals surface area contributed by atoms with Crippen LogP contribution in [0.25, 0.3) is 0 Å². The van der Waals surface area contributed by atoms with Gasteiger partial charge in [0.15, 0.2) is 29.2 Å². The van der Waals surface area contributed by atoms with E-state index >= 15 is 0 Å². The maximum atomic E-state index is 6.53. The molecular weight excluding hydrogens is 374 g/mol. The maximum absolute atomic E-state index is 6.53. The lowest BCUT2D eigenvalue weighted by Gasteiger charge is -2.44. The molecule has 0 saturated carbocycles. The maximum Gasteiger partial charge on any atom is 0.231 e. The molecule has 0 aliphatic carbocycles. The zero-order valence-corrected chi connectivity index (χ0v) is 16.3. The number of hydrogen-bond donors (Lipinski definition) is 0. The lowest BCUT2D eigenvalue weighted by molar-refractivity contribution is -0.0784. The van der Waals surface area contributed by atoms with Crippen molar-refractivity contribution in [3.63, 3.8) is 0 Å². The number of rotatable bonds is 2. The predicted molar refractivity (Wildman–Crippen MR) is 103 cm³/mol. The van der Waals surface area contributed by atoms with E-state index in [1.165, 1.54) is 5.56 Å². The molecule has 0 spiro atoms. The molecule has 7 heteroatoms. The van der Waals surface area contributed by atoms with Gasteiger partial charge in [-0.25, -0.2) is 0 Å². The molecule has 4 aliphatic heterocycles. The molecular formula is C22H23NO6. The van der Waals surface area contributed by atoms with Crippen LogP contribution in [0.4, 0.5) is 0 Å². The van der Waals surface area contributed by atoms with E-state index in [2.05, 4.69) is 30.0 Å². The summed E-state index contributed by atoms with van der Waals surface area (Å²) < 4.78 is 34.5. The van der Waals surface area contributed by atoms with Crippen LogP contribution in [0.15, 0.2) is 30.3 Å². The first-order chi connectivity index (χ1) is 14.3. The summed E-state index contributed by atoms with van der Waals surface area (Å²) in [7, 11) is 0. The Balaban J connectivity index is 1.45. The van der Waals surface area contributed by atoms with Crippen LogP contribution in [0.2, 0.25) is 0 Å². The monoisotopic (exact) mass is 397 g/mol. The van der Waals surface area contributed by atoms with E-state index in [0.717, 1.165) is 60.6 Å². The average molecular weight is 397 g/mol. The van der Waals surface area contributed by atoms with Crippen molar-refractivity contribution in [3.05, 3.63) is 41.5 Å². The first kappa shape index (κ1) is 17.2. The second-order valence-electron chi connectivity index (χ2n) is 7.85. The molecule has 1 fully saturated rings. The largest absolute Gasteiger partial charge is 0.474 e. The molecule has 0 N–H and O–H groups in total. The fourth-order valence-electron chi connectivity index (χ4n) is 4.80. The Labute approximate surface area is 169 Å². The van der Waals surface area contributed by atoms with Gasteiger partial charge in [-0.05, 0) is 23.8 Å². The van der Waals surface area contributed by atoms with Gasteiger partial charge in [-0.3, -0.25) is 4.90 Å². The summed E-state index contributed by atoms with van der Waals surface area (Å²) in [5.74, 6) is 4.32. The van der Waals surface area contributed by atoms with Gasteiger partial charge in [0.25, 0.3) is 0 Å². The summed E-state index contributed by atoms with van der Waals surface area (Å²) in [6.07, 6.45) is -0.0396. The Morgan fingerprint density at radius 1 is 0.793 bits per heavy atom. The average Bonchev–Trinajstić information content (AvgIpc) is 3.41. The minimum Gasteiger partial charge on any atom is -0.474 e. The van der Waals surface area contributed by atoms with Crippen molar-refractivity contribution in [2.45, 2.75) is 19.1 Å². The normalized spacial score (nSPS) is 27.4. The van der Waals surface area contributed by atoms with Crippen LogP contribution in [0.3, 0.4) is 0 Å². The number of benzene rings is 2. The quantitative estimate of drug-likeness (QED) is 0.772. The third-order valence-corrected chi connectivity index (χ3v) is 6.22. The van der Waals surface area contributed by atoms with Crippen molar-refractivity contribution in [2.75, 3.05) is 39.9 Å². The van der Waals surface area contributed by atoms with Crippen LogP contribution in [0, 0.1) is 5.92 Å². The third-order valence-electron chi connectivity index (χ3n) is 6.22. The topological polar surface area (TPSA) is 58.6 Å². The fraction of sp³-hybridized carbons (Fsp3) is 0.455. The first-order valence-electron chi connectivity index (χ1n) is 10.1. The minimum atomic E-state index is -0.0396. The summed E-state index contributed by atoms with van der Waals surface area (Å²) >= 11 is 0. The second kappa shape index (κ2) is 6.71. The van der Waals surface area contributed by atoms with E-state index in [4.69, 9.17) is 28.4 Å². The summed E-state index contributed by atoms with van der Waals surface area (Å²) in [6.45, 7) is 5.96. The summed E-state index contributed by atoms with van der Waals surface area (Å²) in [6, 6.07) is 10.3. The molecule has 152 valence electrons. The predicted octanol–water partition coefficient (Wildman–Crippen LogP) is 2.96. The van der Waals surface area contributed by atoms with Crippen LogP contribution in [0.1, 0.15) is 24.0 Å². The number of morpholine rings is 1. The van der Waals surface area contributed by atoms with Gasteiger partial charge in [0.2, 0.25) is 13.6 Å². The van der Waals surface area contributed by atoms with Crippen molar-refractivity contribution >= 4 is 0 Å².